The quantitative estimate of drug-likeness (QED) is 0.435. The summed E-state index contributed by atoms with van der Waals surface area (Å²) in [6, 6.07) is 13.8. The van der Waals surface area contributed by atoms with Crippen molar-refractivity contribution in [1.29, 1.82) is 0 Å². The SMILES string of the molecule is CCOC(=O)c1cc2cc(OC(C)=O)ccc2n1Oc1ccc(OC(C)C)cc1. The molecular weight excluding hydrogens is 374 g/mol. The molecule has 1 aromatic heterocycles. The first kappa shape index (κ1) is 20.3. The molecule has 0 fully saturated rings. The number of benzene rings is 2. The number of rotatable bonds is 7. The van der Waals surface area contributed by atoms with Gasteiger partial charge in [-0.15, -0.1) is 0 Å². The van der Waals surface area contributed by atoms with Gasteiger partial charge in [0.2, 0.25) is 0 Å². The lowest BCUT2D eigenvalue weighted by atomic mass is 10.2. The van der Waals surface area contributed by atoms with Gasteiger partial charge < -0.3 is 19.0 Å². The maximum absolute atomic E-state index is 12.4. The Hall–Kier alpha value is -3.48. The zero-order valence-electron chi connectivity index (χ0n) is 16.8. The van der Waals surface area contributed by atoms with E-state index in [9.17, 15) is 9.59 Å². The van der Waals surface area contributed by atoms with Crippen molar-refractivity contribution in [1.82, 2.24) is 4.73 Å². The molecular formula is C22H23NO6. The Bertz CT molecular complexity index is 1020. The summed E-state index contributed by atoms with van der Waals surface area (Å²) in [7, 11) is 0. The predicted octanol–water partition coefficient (Wildman–Crippen LogP) is 4.37. The zero-order chi connectivity index (χ0) is 21.0. The summed E-state index contributed by atoms with van der Waals surface area (Å²) in [5, 5.41) is 0.673. The number of nitrogens with zero attached hydrogens (tertiary/aromatic N) is 1. The summed E-state index contributed by atoms with van der Waals surface area (Å²) in [5.41, 5.74) is 0.857. The second kappa shape index (κ2) is 8.68. The smallest absolute Gasteiger partial charge is 0.358 e. The molecule has 3 aromatic rings. The topological polar surface area (TPSA) is 76.0 Å². The van der Waals surface area contributed by atoms with Crippen LogP contribution in [-0.4, -0.2) is 29.4 Å². The van der Waals surface area contributed by atoms with Crippen molar-refractivity contribution in [2.24, 2.45) is 0 Å². The molecule has 152 valence electrons. The first-order chi connectivity index (χ1) is 13.9. The number of hydrogen-bond acceptors (Lipinski definition) is 6. The molecule has 29 heavy (non-hydrogen) atoms. The first-order valence-corrected chi connectivity index (χ1v) is 9.33. The number of ether oxygens (including phenoxy) is 3. The Morgan fingerprint density at radius 2 is 1.62 bits per heavy atom. The van der Waals surface area contributed by atoms with E-state index in [-0.39, 0.29) is 18.4 Å². The predicted molar refractivity (Wildman–Crippen MR) is 107 cm³/mol. The molecule has 0 aliphatic heterocycles. The third-order valence-corrected chi connectivity index (χ3v) is 3.87. The highest BCUT2D eigenvalue weighted by molar-refractivity contribution is 5.96. The van der Waals surface area contributed by atoms with Crippen molar-refractivity contribution in [2.75, 3.05) is 6.61 Å². The molecule has 0 atom stereocenters. The highest BCUT2D eigenvalue weighted by atomic mass is 16.7. The van der Waals surface area contributed by atoms with Crippen LogP contribution in [0, 0.1) is 0 Å². The van der Waals surface area contributed by atoms with E-state index in [1.807, 2.05) is 13.8 Å². The molecule has 1 heterocycles. The van der Waals surface area contributed by atoms with Gasteiger partial charge in [-0.2, -0.15) is 4.73 Å². The number of aromatic nitrogens is 1. The van der Waals surface area contributed by atoms with E-state index in [4.69, 9.17) is 19.0 Å². The molecule has 0 N–H and O–H groups in total. The van der Waals surface area contributed by atoms with Gasteiger partial charge in [-0.1, -0.05) is 0 Å². The minimum Gasteiger partial charge on any atom is -0.491 e. The molecule has 0 saturated heterocycles. The van der Waals surface area contributed by atoms with Gasteiger partial charge in [0.25, 0.3) is 0 Å². The summed E-state index contributed by atoms with van der Waals surface area (Å²) in [6.45, 7) is 7.20. The van der Waals surface area contributed by atoms with Crippen LogP contribution < -0.4 is 14.3 Å². The molecule has 0 aliphatic carbocycles. The average molecular weight is 397 g/mol. The summed E-state index contributed by atoms with van der Waals surface area (Å²) < 4.78 is 17.3. The number of fused-ring (bicyclic) bond motifs is 1. The van der Waals surface area contributed by atoms with Gasteiger partial charge >= 0.3 is 11.9 Å². The van der Waals surface area contributed by atoms with Crippen LogP contribution in [0.5, 0.6) is 17.2 Å². The van der Waals surface area contributed by atoms with Crippen LogP contribution in [0.4, 0.5) is 0 Å². The van der Waals surface area contributed by atoms with Gasteiger partial charge in [-0.3, -0.25) is 4.79 Å². The minimum absolute atomic E-state index is 0.0667. The van der Waals surface area contributed by atoms with Crippen LogP contribution >= 0.6 is 0 Å². The van der Waals surface area contributed by atoms with Crippen molar-refractivity contribution in [3.8, 4) is 17.2 Å². The molecule has 0 spiro atoms. The van der Waals surface area contributed by atoms with E-state index in [0.717, 1.165) is 5.75 Å². The normalized spacial score (nSPS) is 10.8. The number of carbonyl (C=O) groups is 2. The fourth-order valence-electron chi connectivity index (χ4n) is 2.80. The standard InChI is InChI=1S/C22H23NO6/c1-5-26-22(25)21-13-16-12-19(28-15(4)24)10-11-20(16)23(21)29-18-8-6-17(7-9-18)27-14(2)3/h6-14H,5H2,1-4H3. The molecule has 0 saturated carbocycles. The van der Waals surface area contributed by atoms with E-state index >= 15 is 0 Å². The van der Waals surface area contributed by atoms with Crippen LogP contribution in [0.2, 0.25) is 0 Å². The molecule has 0 amide bonds. The van der Waals surface area contributed by atoms with Gasteiger partial charge in [0.05, 0.1) is 18.2 Å². The molecule has 0 radical (unpaired) electrons. The second-order valence-electron chi connectivity index (χ2n) is 6.59. The lowest BCUT2D eigenvalue weighted by molar-refractivity contribution is -0.131. The van der Waals surface area contributed by atoms with Crippen molar-refractivity contribution >= 4 is 22.8 Å². The minimum atomic E-state index is -0.516. The fourth-order valence-corrected chi connectivity index (χ4v) is 2.80. The van der Waals surface area contributed by atoms with Crippen molar-refractivity contribution in [3.63, 3.8) is 0 Å². The molecule has 7 nitrogen and oxygen atoms in total. The van der Waals surface area contributed by atoms with Crippen molar-refractivity contribution in [2.45, 2.75) is 33.8 Å². The van der Waals surface area contributed by atoms with Crippen LogP contribution in [-0.2, 0) is 9.53 Å². The number of carbonyl (C=O) groups excluding carboxylic acids is 2. The van der Waals surface area contributed by atoms with E-state index in [1.165, 1.54) is 11.7 Å². The largest absolute Gasteiger partial charge is 0.491 e. The van der Waals surface area contributed by atoms with Crippen LogP contribution in [0.3, 0.4) is 0 Å². The monoisotopic (exact) mass is 397 g/mol. The average Bonchev–Trinajstić information content (AvgIpc) is 3.00. The second-order valence-corrected chi connectivity index (χ2v) is 6.59. The Labute approximate surface area is 168 Å². The van der Waals surface area contributed by atoms with Crippen LogP contribution in [0.15, 0.2) is 48.5 Å². The lowest BCUT2D eigenvalue weighted by Crippen LogP contribution is -2.15. The van der Waals surface area contributed by atoms with E-state index in [0.29, 0.717) is 22.4 Å². The summed E-state index contributed by atoms with van der Waals surface area (Å²) in [6.07, 6.45) is 0.0667. The Kier molecular flexibility index (Phi) is 6.07. The molecule has 3 rings (SSSR count). The van der Waals surface area contributed by atoms with Gasteiger partial charge in [-0.05, 0) is 69.3 Å². The molecule has 0 unspecified atom stereocenters. The van der Waals surface area contributed by atoms with Crippen LogP contribution in [0.1, 0.15) is 38.2 Å². The highest BCUT2D eigenvalue weighted by Crippen LogP contribution is 2.27. The molecule has 7 heteroatoms. The highest BCUT2D eigenvalue weighted by Gasteiger charge is 2.19. The van der Waals surface area contributed by atoms with Crippen LogP contribution in [0.25, 0.3) is 10.9 Å². The maximum atomic E-state index is 12.4. The van der Waals surface area contributed by atoms with E-state index < -0.39 is 11.9 Å². The summed E-state index contributed by atoms with van der Waals surface area (Å²) >= 11 is 0. The number of hydrogen-bond donors (Lipinski definition) is 0. The van der Waals surface area contributed by atoms with E-state index in [1.54, 1.807) is 55.5 Å². The Balaban J connectivity index is 1.98. The van der Waals surface area contributed by atoms with E-state index in [2.05, 4.69) is 0 Å². The molecule has 0 bridgehead atoms. The Morgan fingerprint density at radius 3 is 2.24 bits per heavy atom. The Morgan fingerprint density at radius 1 is 0.966 bits per heavy atom. The maximum Gasteiger partial charge on any atom is 0.358 e. The summed E-state index contributed by atoms with van der Waals surface area (Å²) in [5.74, 6) is 0.689. The first-order valence-electron chi connectivity index (χ1n) is 9.33. The van der Waals surface area contributed by atoms with Crippen molar-refractivity contribution in [3.05, 3.63) is 54.2 Å². The summed E-state index contributed by atoms with van der Waals surface area (Å²) in [4.78, 5) is 29.6. The molecule has 0 aliphatic rings. The van der Waals surface area contributed by atoms with Gasteiger partial charge in [-0.25, -0.2) is 4.79 Å². The van der Waals surface area contributed by atoms with Gasteiger partial charge in [0.1, 0.15) is 11.5 Å². The number of esters is 2. The lowest BCUT2D eigenvalue weighted by Gasteiger charge is -2.13. The van der Waals surface area contributed by atoms with Gasteiger partial charge in [0, 0.05) is 12.3 Å². The zero-order valence-corrected chi connectivity index (χ0v) is 16.8. The molecule has 2 aromatic carbocycles. The third kappa shape index (κ3) is 4.87. The van der Waals surface area contributed by atoms with Gasteiger partial charge in [0.15, 0.2) is 11.4 Å². The fraction of sp³-hybridized carbons (Fsp3) is 0.273. The third-order valence-electron chi connectivity index (χ3n) is 3.87. The van der Waals surface area contributed by atoms with Crippen molar-refractivity contribution < 1.29 is 28.6 Å².